The topological polar surface area (TPSA) is 184 Å². The average Bonchev–Trinajstić information content (AvgIpc) is 2.44. The predicted molar refractivity (Wildman–Crippen MR) is 79.3 cm³/mol. The Balaban J connectivity index is 0.000000423. The van der Waals surface area contributed by atoms with Crippen LogP contribution in [0.1, 0.15) is 20.7 Å². The molecule has 2 unspecified atom stereocenters. The van der Waals surface area contributed by atoms with Gasteiger partial charge < -0.3 is 20.8 Å². The summed E-state index contributed by atoms with van der Waals surface area (Å²) in [7, 11) is -7.01. The third-order valence-electron chi connectivity index (χ3n) is 2.03. The Morgan fingerprint density at radius 1 is 1.26 bits per heavy atom. The van der Waals surface area contributed by atoms with E-state index in [1.54, 1.807) is 0 Å². The molecule has 0 amide bonds. The van der Waals surface area contributed by atoms with Crippen LogP contribution in [0.4, 0.5) is 0 Å². The van der Waals surface area contributed by atoms with Crippen LogP contribution in [0, 0.1) is 0 Å². The molecule has 10 nitrogen and oxygen atoms in total. The van der Waals surface area contributed by atoms with Gasteiger partial charge in [0.15, 0.2) is 0 Å². The number of aromatic carboxylic acids is 2. The summed E-state index contributed by atoms with van der Waals surface area (Å²) in [5, 5.41) is 17.0. The second-order valence-electron chi connectivity index (χ2n) is 3.76. The van der Waals surface area contributed by atoms with Gasteiger partial charge in [-0.15, -0.1) is 4.89 Å². The Hall–Kier alpha value is -2.09. The zero-order chi connectivity index (χ0) is 18.0. The van der Waals surface area contributed by atoms with Crippen molar-refractivity contribution in [2.45, 2.75) is 0 Å². The molecular weight excluding hydrogens is 352 g/mol. The number of carbonyl (C=O) groups is 2. The van der Waals surface area contributed by atoms with Crippen molar-refractivity contribution in [3.63, 3.8) is 0 Å². The molecule has 2 atom stereocenters. The number of rotatable bonds is 6. The fraction of sp³-hybridized carbons (Fsp3) is 0.0909. The van der Waals surface area contributed by atoms with Crippen LogP contribution in [-0.2, 0) is 13.4 Å². The Kier molecular flexibility index (Phi) is 8.94. The first kappa shape index (κ1) is 20.9. The van der Waals surface area contributed by atoms with E-state index in [1.807, 2.05) is 0 Å². The van der Waals surface area contributed by atoms with Crippen molar-refractivity contribution in [2.24, 2.45) is 5.73 Å². The third-order valence-corrected chi connectivity index (χ3v) is 4.28. The van der Waals surface area contributed by atoms with Gasteiger partial charge in [-0.2, -0.15) is 0 Å². The molecule has 0 aliphatic heterocycles. The van der Waals surface area contributed by atoms with Crippen LogP contribution in [0.5, 0.6) is 0 Å². The number of carboxylic acids is 2. The van der Waals surface area contributed by atoms with Gasteiger partial charge in [0.2, 0.25) is 0 Å². The van der Waals surface area contributed by atoms with E-state index in [0.29, 0.717) is 0 Å². The molecule has 1 rings (SSSR count). The van der Waals surface area contributed by atoms with Crippen molar-refractivity contribution in [1.82, 2.24) is 0 Å². The average molecular weight is 366 g/mol. The molecule has 0 saturated carbocycles. The van der Waals surface area contributed by atoms with E-state index in [-0.39, 0.29) is 17.3 Å². The summed E-state index contributed by atoms with van der Waals surface area (Å²) < 4.78 is 24.4. The molecule has 0 radical (unpaired) electrons. The van der Waals surface area contributed by atoms with Crippen molar-refractivity contribution < 1.29 is 43.0 Å². The SMILES string of the molecule is NC=CCP(=O)(O)O[P+](=O)O.O=C(O)c1cccc(C(=O)O)c1. The van der Waals surface area contributed by atoms with Gasteiger partial charge in [-0.25, -0.2) is 9.59 Å². The summed E-state index contributed by atoms with van der Waals surface area (Å²) in [5.74, 6) is -2.25. The summed E-state index contributed by atoms with van der Waals surface area (Å²) in [6, 6.07) is 5.20. The van der Waals surface area contributed by atoms with E-state index in [0.717, 1.165) is 12.3 Å². The van der Waals surface area contributed by atoms with E-state index < -0.39 is 27.8 Å². The van der Waals surface area contributed by atoms with Crippen molar-refractivity contribution >= 4 is 27.8 Å². The quantitative estimate of drug-likeness (QED) is 0.461. The summed E-state index contributed by atoms with van der Waals surface area (Å²) in [4.78, 5) is 37.6. The summed E-state index contributed by atoms with van der Waals surface area (Å²) >= 11 is 0. The molecule has 0 aromatic heterocycles. The molecule has 0 aliphatic rings. The second-order valence-corrected chi connectivity index (χ2v) is 6.53. The number of benzene rings is 1. The highest BCUT2D eigenvalue weighted by Gasteiger charge is 2.31. The zero-order valence-electron chi connectivity index (χ0n) is 11.5. The van der Waals surface area contributed by atoms with Gasteiger partial charge in [0.25, 0.3) is 0 Å². The van der Waals surface area contributed by atoms with Crippen LogP contribution in [0.15, 0.2) is 36.5 Å². The molecule has 1 aromatic carbocycles. The first-order valence-corrected chi connectivity index (χ1v) is 8.59. The summed E-state index contributed by atoms with van der Waals surface area (Å²) in [6.45, 7) is 0. The van der Waals surface area contributed by atoms with Crippen LogP contribution in [0.25, 0.3) is 0 Å². The van der Waals surface area contributed by atoms with Gasteiger partial charge in [0, 0.05) is 4.57 Å². The maximum Gasteiger partial charge on any atom is 0.703 e. The standard InChI is InChI=1S/C8H6O4.C3H7NO5P2/c9-7(10)5-2-1-3-6(4-5)8(11)12;4-2-1-3-11(7,8)9-10(5)6/h1-4H,(H,9,10)(H,11,12);1-2H,3-4H2,(H-,5,6,7,8)/p+1. The number of hydrogen-bond donors (Lipinski definition) is 5. The minimum Gasteiger partial charge on any atom is -0.478 e. The maximum atomic E-state index is 10.7. The van der Waals surface area contributed by atoms with Gasteiger partial charge in [-0.1, -0.05) is 12.1 Å². The van der Waals surface area contributed by atoms with Crippen LogP contribution in [0.3, 0.4) is 0 Å². The Morgan fingerprint density at radius 2 is 1.74 bits per heavy atom. The van der Waals surface area contributed by atoms with Crippen LogP contribution in [0.2, 0.25) is 0 Å². The lowest BCUT2D eigenvalue weighted by Gasteiger charge is -1.96. The highest BCUT2D eigenvalue weighted by atomic mass is 31.2. The summed E-state index contributed by atoms with van der Waals surface area (Å²) in [5.41, 5.74) is 4.83. The molecule has 12 heteroatoms. The van der Waals surface area contributed by atoms with E-state index in [1.165, 1.54) is 24.3 Å². The van der Waals surface area contributed by atoms with E-state index in [4.69, 9.17) is 25.7 Å². The van der Waals surface area contributed by atoms with Crippen molar-refractivity contribution in [3.05, 3.63) is 47.7 Å². The lowest BCUT2D eigenvalue weighted by Crippen LogP contribution is -2.01. The van der Waals surface area contributed by atoms with Gasteiger partial charge in [0.05, 0.1) is 17.3 Å². The monoisotopic (exact) mass is 366 g/mol. The van der Waals surface area contributed by atoms with Crippen molar-refractivity contribution in [1.29, 1.82) is 0 Å². The molecule has 126 valence electrons. The molecule has 0 heterocycles. The Morgan fingerprint density at radius 3 is 2.09 bits per heavy atom. The summed E-state index contributed by atoms with van der Waals surface area (Å²) in [6.07, 6.45) is 1.85. The molecule has 6 N–H and O–H groups in total. The highest BCUT2D eigenvalue weighted by molar-refractivity contribution is 7.59. The Bertz CT molecular complexity index is 629. The van der Waals surface area contributed by atoms with E-state index in [9.17, 15) is 18.7 Å². The molecule has 23 heavy (non-hydrogen) atoms. The molecular formula is C11H14NO9P2+. The highest BCUT2D eigenvalue weighted by Crippen LogP contribution is 2.49. The molecule has 1 aromatic rings. The molecule has 0 bridgehead atoms. The lowest BCUT2D eigenvalue weighted by atomic mass is 10.1. The van der Waals surface area contributed by atoms with Crippen LogP contribution < -0.4 is 5.73 Å². The number of carboxylic acid groups (broad SMARTS) is 2. The maximum absolute atomic E-state index is 10.7. The normalized spacial score (nSPS) is 13.6. The lowest BCUT2D eigenvalue weighted by molar-refractivity contribution is 0.0696. The smallest absolute Gasteiger partial charge is 0.478 e. The predicted octanol–water partition coefficient (Wildman–Crippen LogP) is 1.39. The van der Waals surface area contributed by atoms with Crippen LogP contribution >= 0.6 is 15.9 Å². The zero-order valence-corrected chi connectivity index (χ0v) is 13.3. The number of hydrogen-bond acceptors (Lipinski definition) is 6. The largest absolute Gasteiger partial charge is 0.703 e. The molecule has 0 saturated heterocycles. The van der Waals surface area contributed by atoms with Gasteiger partial charge in [-0.05, 0) is 28.7 Å². The van der Waals surface area contributed by atoms with Gasteiger partial charge in [-0.3, -0.25) is 4.57 Å². The van der Waals surface area contributed by atoms with Gasteiger partial charge >= 0.3 is 27.8 Å². The fourth-order valence-electron chi connectivity index (χ4n) is 1.12. The fourth-order valence-corrected chi connectivity index (χ4v) is 2.65. The van der Waals surface area contributed by atoms with Crippen LogP contribution in [-0.4, -0.2) is 38.1 Å². The van der Waals surface area contributed by atoms with Gasteiger partial charge in [0.1, 0.15) is 0 Å². The Labute approximate surface area is 131 Å². The molecule has 0 aliphatic carbocycles. The first-order chi connectivity index (χ1) is 10.6. The van der Waals surface area contributed by atoms with E-state index >= 15 is 0 Å². The number of allylic oxidation sites excluding steroid dienone is 1. The minimum atomic E-state index is -3.97. The second kappa shape index (κ2) is 9.83. The first-order valence-electron chi connectivity index (χ1n) is 5.70. The minimum absolute atomic E-state index is 0.0186. The molecule has 0 spiro atoms. The number of nitrogens with two attached hydrogens (primary N) is 1. The van der Waals surface area contributed by atoms with Crippen molar-refractivity contribution in [3.8, 4) is 0 Å². The van der Waals surface area contributed by atoms with Crippen molar-refractivity contribution in [2.75, 3.05) is 6.16 Å². The molecule has 0 fully saturated rings. The third kappa shape index (κ3) is 9.51. The van der Waals surface area contributed by atoms with E-state index in [2.05, 4.69) is 4.31 Å².